The fraction of sp³-hybridized carbons (Fsp3) is 0.667. The maximum Gasteiger partial charge on any atom is 0.328 e. The molecule has 1 fully saturated rings. The zero-order valence-corrected chi connectivity index (χ0v) is 11.0. The van der Waals surface area contributed by atoms with Gasteiger partial charge in [0.2, 0.25) is 0 Å². The molecule has 0 aromatic carbocycles. The number of nitrogens with one attached hydrogen (secondary N) is 1. The SMILES string of the molecule is COC(=O)C(NC1CCCC1)c1scnc1C. The topological polar surface area (TPSA) is 51.2 Å². The number of hydrogen-bond donors (Lipinski definition) is 1. The lowest BCUT2D eigenvalue weighted by Crippen LogP contribution is -2.36. The summed E-state index contributed by atoms with van der Waals surface area (Å²) in [6, 6.07) is 0.0798. The van der Waals surface area contributed by atoms with Gasteiger partial charge in [-0.2, -0.15) is 0 Å². The van der Waals surface area contributed by atoms with Crippen molar-refractivity contribution < 1.29 is 9.53 Å². The number of esters is 1. The lowest BCUT2D eigenvalue weighted by molar-refractivity contribution is -0.143. The molecule has 0 bridgehead atoms. The van der Waals surface area contributed by atoms with Gasteiger partial charge >= 0.3 is 5.97 Å². The van der Waals surface area contributed by atoms with Gasteiger partial charge in [0, 0.05) is 6.04 Å². The Hall–Kier alpha value is -0.940. The Morgan fingerprint density at radius 2 is 2.29 bits per heavy atom. The highest BCUT2D eigenvalue weighted by atomic mass is 32.1. The van der Waals surface area contributed by atoms with Crippen molar-refractivity contribution in [2.24, 2.45) is 0 Å². The van der Waals surface area contributed by atoms with Crippen molar-refractivity contribution in [2.75, 3.05) is 7.11 Å². The van der Waals surface area contributed by atoms with Crippen LogP contribution in [0.3, 0.4) is 0 Å². The molecule has 1 N–H and O–H groups in total. The fourth-order valence-corrected chi connectivity index (χ4v) is 3.13. The summed E-state index contributed by atoms with van der Waals surface area (Å²) in [5.41, 5.74) is 2.69. The zero-order valence-electron chi connectivity index (χ0n) is 10.2. The molecule has 1 atom stereocenters. The number of methoxy groups -OCH3 is 1. The van der Waals surface area contributed by atoms with Gasteiger partial charge in [-0.1, -0.05) is 12.8 Å². The number of thiazole rings is 1. The summed E-state index contributed by atoms with van der Waals surface area (Å²) in [4.78, 5) is 17.0. The Balaban J connectivity index is 2.13. The number of ether oxygens (including phenoxy) is 1. The summed E-state index contributed by atoms with van der Waals surface area (Å²) in [6.07, 6.45) is 4.77. The van der Waals surface area contributed by atoms with Crippen LogP contribution in [0.1, 0.15) is 42.3 Å². The van der Waals surface area contributed by atoms with Gasteiger partial charge < -0.3 is 4.74 Å². The normalized spacial score (nSPS) is 18.2. The second-order valence-electron chi connectivity index (χ2n) is 4.41. The van der Waals surface area contributed by atoms with Crippen LogP contribution < -0.4 is 5.32 Å². The van der Waals surface area contributed by atoms with Crippen LogP contribution in [0.4, 0.5) is 0 Å². The predicted molar refractivity (Wildman–Crippen MR) is 67.0 cm³/mol. The number of carbonyl (C=O) groups is 1. The lowest BCUT2D eigenvalue weighted by Gasteiger charge is -2.20. The molecule has 0 amide bonds. The number of carbonyl (C=O) groups excluding carboxylic acids is 1. The van der Waals surface area contributed by atoms with Crippen LogP contribution in [0.5, 0.6) is 0 Å². The average Bonchev–Trinajstić information content (AvgIpc) is 2.96. The molecular formula is C12H18N2O2S. The van der Waals surface area contributed by atoms with Crippen LogP contribution >= 0.6 is 11.3 Å². The Kier molecular flexibility index (Phi) is 4.12. The molecule has 1 aromatic rings. The summed E-state index contributed by atoms with van der Waals surface area (Å²) < 4.78 is 4.88. The average molecular weight is 254 g/mol. The quantitative estimate of drug-likeness (QED) is 0.837. The van der Waals surface area contributed by atoms with E-state index in [1.54, 1.807) is 5.51 Å². The molecule has 1 aliphatic rings. The number of hydrogen-bond acceptors (Lipinski definition) is 5. The molecule has 5 heteroatoms. The highest BCUT2D eigenvalue weighted by Gasteiger charge is 2.28. The summed E-state index contributed by atoms with van der Waals surface area (Å²) in [5.74, 6) is -0.218. The first kappa shape index (κ1) is 12.5. The summed E-state index contributed by atoms with van der Waals surface area (Å²) in [5, 5.41) is 3.41. The van der Waals surface area contributed by atoms with E-state index in [-0.39, 0.29) is 12.0 Å². The molecule has 0 aliphatic heterocycles. The van der Waals surface area contributed by atoms with Crippen molar-refractivity contribution in [3.8, 4) is 0 Å². The minimum Gasteiger partial charge on any atom is -0.468 e. The number of aryl methyl sites for hydroxylation is 1. The maximum absolute atomic E-state index is 11.8. The van der Waals surface area contributed by atoms with Crippen LogP contribution in [0, 0.1) is 6.92 Å². The van der Waals surface area contributed by atoms with Crippen molar-refractivity contribution in [1.82, 2.24) is 10.3 Å². The highest BCUT2D eigenvalue weighted by Crippen LogP contribution is 2.26. The molecular weight excluding hydrogens is 236 g/mol. The summed E-state index contributed by atoms with van der Waals surface area (Å²) in [6.45, 7) is 1.93. The third kappa shape index (κ3) is 2.84. The number of aromatic nitrogens is 1. The fourth-order valence-electron chi connectivity index (χ4n) is 2.28. The van der Waals surface area contributed by atoms with Crippen molar-refractivity contribution in [1.29, 1.82) is 0 Å². The molecule has 1 aliphatic carbocycles. The van der Waals surface area contributed by atoms with Crippen molar-refractivity contribution in [2.45, 2.75) is 44.7 Å². The molecule has 94 valence electrons. The van der Waals surface area contributed by atoms with Crippen LogP contribution in [0.15, 0.2) is 5.51 Å². The van der Waals surface area contributed by atoms with E-state index in [2.05, 4.69) is 10.3 Å². The Bertz CT molecular complexity index is 386. The largest absolute Gasteiger partial charge is 0.468 e. The van der Waals surface area contributed by atoms with Crippen molar-refractivity contribution in [3.05, 3.63) is 16.1 Å². The van der Waals surface area contributed by atoms with Crippen molar-refractivity contribution in [3.63, 3.8) is 0 Å². The van der Waals surface area contributed by atoms with Gasteiger partial charge in [0.15, 0.2) is 0 Å². The van der Waals surface area contributed by atoms with Gasteiger partial charge in [-0.15, -0.1) is 11.3 Å². The molecule has 0 saturated heterocycles. The molecule has 4 nitrogen and oxygen atoms in total. The van der Waals surface area contributed by atoms with Gasteiger partial charge in [0.1, 0.15) is 6.04 Å². The maximum atomic E-state index is 11.8. The van der Waals surface area contributed by atoms with Crippen LogP contribution in [-0.4, -0.2) is 24.1 Å². The van der Waals surface area contributed by atoms with Gasteiger partial charge in [-0.05, 0) is 19.8 Å². The Labute approximate surface area is 105 Å². The number of rotatable bonds is 4. The molecule has 1 heterocycles. The van der Waals surface area contributed by atoms with E-state index in [9.17, 15) is 4.79 Å². The van der Waals surface area contributed by atoms with Crippen LogP contribution in [-0.2, 0) is 9.53 Å². The van der Waals surface area contributed by atoms with E-state index in [0.29, 0.717) is 6.04 Å². The minimum absolute atomic E-state index is 0.218. The second kappa shape index (κ2) is 5.60. The van der Waals surface area contributed by atoms with E-state index >= 15 is 0 Å². The van der Waals surface area contributed by atoms with Gasteiger partial charge in [-0.25, -0.2) is 9.78 Å². The summed E-state index contributed by atoms with van der Waals surface area (Å²) in [7, 11) is 1.43. The molecule has 0 radical (unpaired) electrons. The Morgan fingerprint density at radius 3 is 2.82 bits per heavy atom. The first-order chi connectivity index (χ1) is 8.22. The van der Waals surface area contributed by atoms with Crippen molar-refractivity contribution >= 4 is 17.3 Å². The standard InChI is InChI=1S/C12H18N2O2S/c1-8-11(17-7-13-8)10(12(15)16-2)14-9-5-3-4-6-9/h7,9-10,14H,3-6H2,1-2H3. The number of nitrogens with zero attached hydrogens (tertiary/aromatic N) is 1. The molecule has 17 heavy (non-hydrogen) atoms. The minimum atomic E-state index is -0.351. The first-order valence-electron chi connectivity index (χ1n) is 5.96. The van der Waals surface area contributed by atoms with Gasteiger partial charge in [0.25, 0.3) is 0 Å². The second-order valence-corrected chi connectivity index (χ2v) is 5.29. The van der Waals surface area contributed by atoms with E-state index in [0.717, 1.165) is 23.4 Å². The first-order valence-corrected chi connectivity index (χ1v) is 6.84. The molecule has 2 rings (SSSR count). The monoisotopic (exact) mass is 254 g/mol. The van der Waals surface area contributed by atoms with E-state index in [1.807, 2.05) is 6.92 Å². The van der Waals surface area contributed by atoms with Gasteiger partial charge in [0.05, 0.1) is 23.2 Å². The lowest BCUT2D eigenvalue weighted by atomic mass is 10.1. The van der Waals surface area contributed by atoms with Gasteiger partial charge in [-0.3, -0.25) is 5.32 Å². The Morgan fingerprint density at radius 1 is 1.59 bits per heavy atom. The summed E-state index contributed by atoms with van der Waals surface area (Å²) >= 11 is 1.51. The predicted octanol–water partition coefficient (Wildman–Crippen LogP) is 2.20. The molecule has 1 unspecified atom stereocenters. The third-order valence-corrected chi connectivity index (χ3v) is 4.24. The zero-order chi connectivity index (χ0) is 12.3. The van der Waals surface area contributed by atoms with E-state index in [4.69, 9.17) is 4.74 Å². The molecule has 0 spiro atoms. The molecule has 1 aromatic heterocycles. The smallest absolute Gasteiger partial charge is 0.328 e. The van der Waals surface area contributed by atoms with Crippen LogP contribution in [0.2, 0.25) is 0 Å². The van der Waals surface area contributed by atoms with E-state index in [1.165, 1.54) is 31.3 Å². The molecule has 1 saturated carbocycles. The third-order valence-electron chi connectivity index (χ3n) is 3.24. The van der Waals surface area contributed by atoms with E-state index < -0.39 is 0 Å². The van der Waals surface area contributed by atoms with Crippen LogP contribution in [0.25, 0.3) is 0 Å². The highest BCUT2D eigenvalue weighted by molar-refractivity contribution is 7.10.